The van der Waals surface area contributed by atoms with Crippen LogP contribution in [0.25, 0.3) is 22.2 Å². The summed E-state index contributed by atoms with van der Waals surface area (Å²) < 4.78 is 7.85. The minimum atomic E-state index is -0.235. The number of nitriles is 1. The molecule has 0 saturated carbocycles. The number of nitrogens with one attached hydrogen (secondary N) is 2. The zero-order chi connectivity index (χ0) is 20.8. The Labute approximate surface area is 171 Å². The quantitative estimate of drug-likeness (QED) is 0.587. The molecule has 0 radical (unpaired) electrons. The van der Waals surface area contributed by atoms with Gasteiger partial charge in [0.1, 0.15) is 11.8 Å². The molecule has 2 N–H and O–H groups in total. The van der Waals surface area contributed by atoms with Gasteiger partial charge in [0.25, 0.3) is 0 Å². The molecule has 2 amide bonds. The lowest BCUT2D eigenvalue weighted by molar-refractivity contribution is 0.252. The lowest BCUT2D eigenvalue weighted by Crippen LogP contribution is -2.28. The van der Waals surface area contributed by atoms with Gasteiger partial charge in [0, 0.05) is 30.2 Å². The smallest absolute Gasteiger partial charge is 0.319 e. The highest BCUT2D eigenvalue weighted by atomic mass is 16.5. The number of hydrogen-bond donors (Lipinski definition) is 2. The van der Waals surface area contributed by atoms with Crippen molar-refractivity contribution in [3.05, 3.63) is 48.0 Å². The van der Waals surface area contributed by atoms with Gasteiger partial charge in [-0.3, -0.25) is 0 Å². The van der Waals surface area contributed by atoms with Crippen LogP contribution >= 0.6 is 0 Å². The number of amides is 2. The highest BCUT2D eigenvalue weighted by Crippen LogP contribution is 2.36. The van der Waals surface area contributed by atoms with Crippen molar-refractivity contribution in [2.24, 2.45) is 0 Å². The van der Waals surface area contributed by atoms with Gasteiger partial charge >= 0.3 is 6.03 Å². The van der Waals surface area contributed by atoms with Gasteiger partial charge in [-0.15, -0.1) is 0 Å². The molecule has 0 saturated heterocycles. The first kappa shape index (κ1) is 20.3. The minimum Gasteiger partial charge on any atom is -0.494 e. The molecular weight excluding hydrogens is 364 g/mol. The predicted octanol–water partition coefficient (Wildman–Crippen LogP) is 5.13. The molecule has 0 atom stereocenters. The summed E-state index contributed by atoms with van der Waals surface area (Å²) in [5.41, 5.74) is 4.18. The maximum absolute atomic E-state index is 11.7. The Morgan fingerprint density at radius 1 is 1.14 bits per heavy atom. The summed E-state index contributed by atoms with van der Waals surface area (Å²) in [5, 5.41) is 16.3. The molecule has 1 heterocycles. The first-order valence-corrected chi connectivity index (χ1v) is 9.97. The molecule has 3 aromatic rings. The van der Waals surface area contributed by atoms with E-state index in [-0.39, 0.29) is 6.03 Å². The monoisotopic (exact) mass is 390 g/mol. The third-order valence-corrected chi connectivity index (χ3v) is 4.66. The number of carbonyl (C=O) groups excluding carboxylic acids is 1. The average molecular weight is 390 g/mol. The van der Waals surface area contributed by atoms with Crippen LogP contribution in [0.15, 0.2) is 42.5 Å². The van der Waals surface area contributed by atoms with E-state index in [4.69, 9.17) is 4.74 Å². The molecule has 3 rings (SSSR count). The molecule has 0 spiro atoms. The first-order chi connectivity index (χ1) is 14.1. The number of hydrogen-bond acceptors (Lipinski definition) is 3. The molecule has 0 aliphatic carbocycles. The Balaban J connectivity index is 2.09. The number of benzene rings is 2. The van der Waals surface area contributed by atoms with Crippen LogP contribution in [0.1, 0.15) is 32.8 Å². The van der Waals surface area contributed by atoms with Crippen molar-refractivity contribution in [2.45, 2.75) is 33.7 Å². The number of urea groups is 1. The highest BCUT2D eigenvalue weighted by molar-refractivity contribution is 5.96. The number of anilines is 1. The van der Waals surface area contributed by atoms with Crippen LogP contribution < -0.4 is 15.4 Å². The molecule has 29 heavy (non-hydrogen) atoms. The fourth-order valence-corrected chi connectivity index (χ4v) is 3.50. The fraction of sp³-hybridized carbons (Fsp3) is 0.304. The van der Waals surface area contributed by atoms with Crippen molar-refractivity contribution >= 4 is 22.6 Å². The molecular formula is C23H26N4O2. The standard InChI is InChI=1S/C23H26N4O2/c1-4-13-27-21-14-18(29-6-3)11-12-19(21)20(15-24)22(27)16-7-9-17(10-8-16)26-23(28)25-5-2/h7-12,14H,4-6,13H2,1-3H3,(H2,25,26,28). The molecule has 0 aliphatic rings. The van der Waals surface area contributed by atoms with Crippen LogP contribution in [0.3, 0.4) is 0 Å². The van der Waals surface area contributed by atoms with E-state index >= 15 is 0 Å². The molecule has 2 aromatic carbocycles. The molecule has 1 aromatic heterocycles. The van der Waals surface area contributed by atoms with Crippen molar-refractivity contribution < 1.29 is 9.53 Å². The maximum Gasteiger partial charge on any atom is 0.319 e. The number of ether oxygens (including phenoxy) is 1. The number of fused-ring (bicyclic) bond motifs is 1. The van der Waals surface area contributed by atoms with Crippen molar-refractivity contribution in [3.63, 3.8) is 0 Å². The van der Waals surface area contributed by atoms with Crippen molar-refractivity contribution in [1.29, 1.82) is 5.26 Å². The summed E-state index contributed by atoms with van der Waals surface area (Å²) in [7, 11) is 0. The number of rotatable bonds is 7. The minimum absolute atomic E-state index is 0.235. The number of carbonyl (C=O) groups is 1. The van der Waals surface area contributed by atoms with Gasteiger partial charge < -0.3 is 19.9 Å². The second-order valence-electron chi connectivity index (χ2n) is 6.66. The molecule has 0 aliphatic heterocycles. The van der Waals surface area contributed by atoms with Crippen molar-refractivity contribution in [3.8, 4) is 23.1 Å². The van der Waals surface area contributed by atoms with Gasteiger partial charge in [0.05, 0.1) is 23.4 Å². The normalized spacial score (nSPS) is 10.6. The number of aryl methyl sites for hydroxylation is 1. The van der Waals surface area contributed by atoms with Crippen LogP contribution in [0, 0.1) is 11.3 Å². The topological polar surface area (TPSA) is 79.1 Å². The summed E-state index contributed by atoms with van der Waals surface area (Å²) in [4.78, 5) is 11.7. The van der Waals surface area contributed by atoms with Crippen LogP contribution in [0.5, 0.6) is 5.75 Å². The average Bonchev–Trinajstić information content (AvgIpc) is 3.02. The molecule has 6 heteroatoms. The van der Waals surface area contributed by atoms with E-state index in [1.165, 1.54) is 0 Å². The van der Waals surface area contributed by atoms with Gasteiger partial charge in [-0.05, 0) is 50.1 Å². The van der Waals surface area contributed by atoms with Gasteiger partial charge in [0.2, 0.25) is 0 Å². The Kier molecular flexibility index (Phi) is 6.40. The van der Waals surface area contributed by atoms with E-state index in [0.717, 1.165) is 40.9 Å². The summed E-state index contributed by atoms with van der Waals surface area (Å²) in [6.07, 6.45) is 0.942. The highest BCUT2D eigenvalue weighted by Gasteiger charge is 2.19. The summed E-state index contributed by atoms with van der Waals surface area (Å²) in [5.74, 6) is 0.798. The van der Waals surface area contributed by atoms with Gasteiger partial charge in [-0.1, -0.05) is 19.1 Å². The van der Waals surface area contributed by atoms with E-state index in [0.29, 0.717) is 24.4 Å². The van der Waals surface area contributed by atoms with Crippen LogP contribution in [0.2, 0.25) is 0 Å². The Morgan fingerprint density at radius 2 is 1.90 bits per heavy atom. The van der Waals surface area contributed by atoms with Gasteiger partial charge in [-0.25, -0.2) is 4.79 Å². The van der Waals surface area contributed by atoms with E-state index in [1.54, 1.807) is 0 Å². The van der Waals surface area contributed by atoms with Crippen molar-refractivity contribution in [1.82, 2.24) is 9.88 Å². The predicted molar refractivity (Wildman–Crippen MR) is 116 cm³/mol. The maximum atomic E-state index is 11.7. The van der Waals surface area contributed by atoms with E-state index < -0.39 is 0 Å². The summed E-state index contributed by atoms with van der Waals surface area (Å²) in [6.45, 7) is 7.90. The summed E-state index contributed by atoms with van der Waals surface area (Å²) >= 11 is 0. The summed E-state index contributed by atoms with van der Waals surface area (Å²) in [6, 6.07) is 15.6. The second-order valence-corrected chi connectivity index (χ2v) is 6.66. The van der Waals surface area contributed by atoms with Crippen molar-refractivity contribution in [2.75, 3.05) is 18.5 Å². The van der Waals surface area contributed by atoms with Crippen LogP contribution in [0.4, 0.5) is 10.5 Å². The third kappa shape index (κ3) is 4.19. The largest absolute Gasteiger partial charge is 0.494 e. The first-order valence-electron chi connectivity index (χ1n) is 9.97. The van der Waals surface area contributed by atoms with Crippen LogP contribution in [-0.2, 0) is 6.54 Å². The lowest BCUT2D eigenvalue weighted by atomic mass is 10.1. The zero-order valence-electron chi connectivity index (χ0n) is 17.1. The van der Waals surface area contributed by atoms with Crippen LogP contribution in [-0.4, -0.2) is 23.7 Å². The van der Waals surface area contributed by atoms with E-state index in [2.05, 4.69) is 28.2 Å². The SMILES string of the molecule is CCCn1c(-c2ccc(NC(=O)NCC)cc2)c(C#N)c2ccc(OCC)cc21. The zero-order valence-corrected chi connectivity index (χ0v) is 17.1. The molecule has 6 nitrogen and oxygen atoms in total. The Bertz CT molecular complexity index is 1050. The molecule has 0 unspecified atom stereocenters. The Hall–Kier alpha value is -3.46. The fourth-order valence-electron chi connectivity index (χ4n) is 3.50. The lowest BCUT2D eigenvalue weighted by Gasteiger charge is -2.12. The second kappa shape index (κ2) is 9.16. The Morgan fingerprint density at radius 3 is 2.52 bits per heavy atom. The van der Waals surface area contributed by atoms with E-state index in [9.17, 15) is 10.1 Å². The van der Waals surface area contributed by atoms with Gasteiger partial charge in [-0.2, -0.15) is 5.26 Å². The number of nitrogens with zero attached hydrogens (tertiary/aromatic N) is 2. The van der Waals surface area contributed by atoms with Gasteiger partial charge in [0.15, 0.2) is 0 Å². The third-order valence-electron chi connectivity index (χ3n) is 4.66. The molecule has 0 bridgehead atoms. The molecule has 0 fully saturated rings. The van der Waals surface area contributed by atoms with E-state index in [1.807, 2.05) is 56.3 Å². The molecule has 150 valence electrons. The number of aromatic nitrogens is 1.